The van der Waals surface area contributed by atoms with Crippen LogP contribution in [0.1, 0.15) is 0 Å². The number of carbonyl (C=O) groups excluding carboxylic acids is 2. The smallest absolute Gasteiger partial charge is 0.238 e. The Labute approximate surface area is 143 Å². The number of carbonyl (C=O) groups is 2. The molecule has 26 heavy (non-hydrogen) atoms. The minimum atomic E-state index is -2.33. The molecule has 1 aromatic carbocycles. The molecular weight excluding hydrogens is 357 g/mol. The monoisotopic (exact) mass is 367 g/mol. The van der Waals surface area contributed by atoms with E-state index in [9.17, 15) is 31.5 Å². The van der Waals surface area contributed by atoms with Gasteiger partial charge in [-0.15, -0.1) is 0 Å². The number of hydrogen-bond acceptors (Lipinski definition) is 2. The first-order chi connectivity index (χ1) is 12.3. The summed E-state index contributed by atoms with van der Waals surface area (Å²) in [7, 11) is 0. The van der Waals surface area contributed by atoms with E-state index in [1.807, 2.05) is 24.3 Å². The van der Waals surface area contributed by atoms with Crippen molar-refractivity contribution < 1.29 is 31.5 Å². The van der Waals surface area contributed by atoms with Crippen molar-refractivity contribution in [1.82, 2.24) is 0 Å². The number of benzene rings is 1. The molecule has 4 aliphatic carbocycles. The van der Waals surface area contributed by atoms with E-state index in [1.165, 1.54) is 0 Å². The lowest BCUT2D eigenvalue weighted by Crippen LogP contribution is -2.50. The van der Waals surface area contributed by atoms with E-state index in [0.29, 0.717) is 0 Å². The van der Waals surface area contributed by atoms with Crippen LogP contribution in [-0.4, -0.2) is 11.8 Å². The fourth-order valence-corrected chi connectivity index (χ4v) is 4.90. The lowest BCUT2D eigenvalue weighted by Gasteiger charge is -2.51. The van der Waals surface area contributed by atoms with Gasteiger partial charge in [0.2, 0.25) is 17.6 Å². The molecule has 1 saturated carbocycles. The first kappa shape index (κ1) is 15.7. The molecule has 5 aliphatic rings. The molecule has 1 heterocycles. The minimum Gasteiger partial charge on any atom is -0.274 e. The third-order valence-electron chi connectivity index (χ3n) is 6.08. The van der Waals surface area contributed by atoms with Crippen LogP contribution in [0, 0.1) is 64.6 Å². The summed E-state index contributed by atoms with van der Waals surface area (Å²) in [6, 6.07) is 0. The summed E-state index contributed by atoms with van der Waals surface area (Å²) < 4.78 is 68.7. The van der Waals surface area contributed by atoms with E-state index in [0.717, 1.165) is 0 Å². The molecule has 0 spiro atoms. The number of rotatable bonds is 1. The second kappa shape index (κ2) is 4.81. The number of anilines is 1. The Hall–Kier alpha value is -2.51. The van der Waals surface area contributed by atoms with Crippen molar-refractivity contribution in [3.05, 3.63) is 53.4 Å². The zero-order chi connectivity index (χ0) is 18.5. The van der Waals surface area contributed by atoms with Crippen molar-refractivity contribution in [2.45, 2.75) is 0 Å². The molecule has 6 unspecified atom stereocenters. The van der Waals surface area contributed by atoms with Crippen molar-refractivity contribution >= 4 is 17.5 Å². The van der Waals surface area contributed by atoms with Gasteiger partial charge < -0.3 is 0 Å². The zero-order valence-electron chi connectivity index (χ0n) is 12.9. The average Bonchev–Trinajstić information content (AvgIpc) is 2.85. The lowest BCUT2D eigenvalue weighted by atomic mass is 9.50. The number of nitrogens with zero attached hydrogens (tertiary/aromatic N) is 1. The summed E-state index contributed by atoms with van der Waals surface area (Å²) >= 11 is 0. The molecule has 1 saturated heterocycles. The van der Waals surface area contributed by atoms with Crippen LogP contribution >= 0.6 is 0 Å². The van der Waals surface area contributed by atoms with Crippen LogP contribution in [0.15, 0.2) is 24.3 Å². The number of hydrogen-bond donors (Lipinski definition) is 0. The first-order valence-corrected chi connectivity index (χ1v) is 8.10. The van der Waals surface area contributed by atoms with Crippen molar-refractivity contribution in [3.63, 3.8) is 0 Å². The van der Waals surface area contributed by atoms with E-state index in [-0.39, 0.29) is 28.6 Å². The molecule has 0 radical (unpaired) electrons. The topological polar surface area (TPSA) is 37.4 Å². The van der Waals surface area contributed by atoms with Crippen molar-refractivity contribution in [1.29, 1.82) is 0 Å². The molecule has 2 amide bonds. The van der Waals surface area contributed by atoms with Gasteiger partial charge >= 0.3 is 0 Å². The minimum absolute atomic E-state index is 0.0549. The van der Waals surface area contributed by atoms with Crippen LogP contribution < -0.4 is 4.90 Å². The average molecular weight is 367 g/mol. The Morgan fingerprint density at radius 2 is 0.923 bits per heavy atom. The lowest BCUT2D eigenvalue weighted by molar-refractivity contribution is -0.127. The predicted molar refractivity (Wildman–Crippen MR) is 77.9 cm³/mol. The fraction of sp³-hybridized carbons (Fsp3) is 0.333. The quantitative estimate of drug-likeness (QED) is 0.252. The van der Waals surface area contributed by atoms with Gasteiger partial charge in [0.25, 0.3) is 0 Å². The summed E-state index contributed by atoms with van der Waals surface area (Å²) in [5.41, 5.74) is -1.48. The standard InChI is InChI=1S/C18H10F5NO2/c19-11-12(20)14(22)16(15(23)13(11)21)24-17(25)9-7-3-4-8(10(9)18(24)26)6-2-1-5(6)7/h1-10H. The Morgan fingerprint density at radius 1 is 0.577 bits per heavy atom. The van der Waals surface area contributed by atoms with Gasteiger partial charge in [0.15, 0.2) is 23.3 Å². The highest BCUT2D eigenvalue weighted by atomic mass is 19.2. The first-order valence-electron chi connectivity index (χ1n) is 8.10. The largest absolute Gasteiger partial charge is 0.274 e. The Balaban J connectivity index is 1.66. The molecule has 8 heteroatoms. The van der Waals surface area contributed by atoms with Gasteiger partial charge in [-0.25, -0.2) is 26.9 Å². The Kier molecular flexibility index (Phi) is 2.91. The Bertz CT molecular complexity index is 886. The maximum atomic E-state index is 14.2. The van der Waals surface area contributed by atoms with E-state index in [1.54, 1.807) is 0 Å². The van der Waals surface area contributed by atoms with Gasteiger partial charge in [-0.2, -0.15) is 0 Å². The van der Waals surface area contributed by atoms with Crippen molar-refractivity contribution in [2.24, 2.45) is 35.5 Å². The van der Waals surface area contributed by atoms with Crippen LogP contribution in [0.5, 0.6) is 0 Å². The van der Waals surface area contributed by atoms with Crippen LogP contribution in [0.2, 0.25) is 0 Å². The summed E-state index contributed by atoms with van der Waals surface area (Å²) in [4.78, 5) is 25.8. The molecule has 134 valence electrons. The van der Waals surface area contributed by atoms with Gasteiger partial charge in [-0.05, 0) is 23.7 Å². The fourth-order valence-electron chi connectivity index (χ4n) is 4.90. The third kappa shape index (κ3) is 1.58. The van der Waals surface area contributed by atoms with Gasteiger partial charge in [-0.3, -0.25) is 9.59 Å². The molecule has 6 rings (SSSR count). The van der Waals surface area contributed by atoms with E-state index in [4.69, 9.17) is 0 Å². The molecule has 0 N–H and O–H groups in total. The number of imide groups is 1. The van der Waals surface area contributed by atoms with E-state index < -0.39 is 58.4 Å². The summed E-state index contributed by atoms with van der Waals surface area (Å²) in [6.45, 7) is 0. The van der Waals surface area contributed by atoms with E-state index >= 15 is 0 Å². The highest BCUT2D eigenvalue weighted by Crippen LogP contribution is 2.59. The van der Waals surface area contributed by atoms with Gasteiger partial charge in [0, 0.05) is 0 Å². The highest BCUT2D eigenvalue weighted by molar-refractivity contribution is 6.22. The Morgan fingerprint density at radius 3 is 1.31 bits per heavy atom. The maximum Gasteiger partial charge on any atom is 0.238 e. The zero-order valence-corrected chi connectivity index (χ0v) is 12.9. The summed E-state index contributed by atoms with van der Waals surface area (Å²) in [6.07, 6.45) is 7.45. The molecule has 0 aromatic heterocycles. The third-order valence-corrected chi connectivity index (χ3v) is 6.08. The molecular formula is C18H10F5NO2. The predicted octanol–water partition coefficient (Wildman–Crippen LogP) is 3.11. The van der Waals surface area contributed by atoms with Crippen LogP contribution in [0.25, 0.3) is 0 Å². The molecule has 3 nitrogen and oxygen atoms in total. The summed E-state index contributed by atoms with van der Waals surface area (Å²) in [5.74, 6) is -15.1. The maximum absolute atomic E-state index is 14.2. The molecule has 6 atom stereocenters. The number of halogens is 5. The second-order valence-corrected chi connectivity index (χ2v) is 7.06. The van der Waals surface area contributed by atoms with Crippen LogP contribution in [0.4, 0.5) is 27.6 Å². The molecule has 2 fully saturated rings. The van der Waals surface area contributed by atoms with Gasteiger partial charge in [0.1, 0.15) is 5.69 Å². The van der Waals surface area contributed by atoms with Gasteiger partial charge in [-0.1, -0.05) is 24.3 Å². The van der Waals surface area contributed by atoms with Crippen molar-refractivity contribution in [2.75, 3.05) is 4.90 Å². The molecule has 1 aliphatic heterocycles. The second-order valence-electron chi connectivity index (χ2n) is 7.06. The summed E-state index contributed by atoms with van der Waals surface area (Å²) in [5, 5.41) is 0. The van der Waals surface area contributed by atoms with Crippen LogP contribution in [0.3, 0.4) is 0 Å². The van der Waals surface area contributed by atoms with Gasteiger partial charge in [0.05, 0.1) is 11.8 Å². The normalized spacial score (nSPS) is 36.4. The number of amides is 2. The van der Waals surface area contributed by atoms with Crippen LogP contribution in [-0.2, 0) is 9.59 Å². The van der Waals surface area contributed by atoms with E-state index in [2.05, 4.69) is 0 Å². The SMILES string of the molecule is O=C1C2C3C=CC(C4C=CC43)C2C(=O)N1c1c(F)c(F)c(F)c(F)c1F. The number of allylic oxidation sites excluding steroid dienone is 4. The molecule has 2 bridgehead atoms. The highest BCUT2D eigenvalue weighted by Gasteiger charge is 2.63. The van der Waals surface area contributed by atoms with Crippen molar-refractivity contribution in [3.8, 4) is 0 Å². The molecule has 1 aromatic rings.